The Labute approximate surface area is 151 Å². The predicted molar refractivity (Wildman–Crippen MR) is 93.6 cm³/mol. The molecule has 1 amide bonds. The topological polar surface area (TPSA) is 46.6 Å². The van der Waals surface area contributed by atoms with Crippen LogP contribution in [0.2, 0.25) is 0 Å². The summed E-state index contributed by atoms with van der Waals surface area (Å²) in [6.45, 7) is 2.18. The Hall–Kier alpha value is -2.76. The Morgan fingerprint density at radius 3 is 2.08 bits per heavy atom. The minimum atomic E-state index is -0.502. The lowest BCUT2D eigenvalue weighted by atomic mass is 10.1. The Morgan fingerprint density at radius 1 is 1.00 bits per heavy atom. The van der Waals surface area contributed by atoms with Crippen LogP contribution in [0.1, 0.15) is 22.8 Å². The van der Waals surface area contributed by atoms with Crippen molar-refractivity contribution in [2.24, 2.45) is 5.92 Å². The number of benzene rings is 2. The molecule has 0 radical (unpaired) electrons. The van der Waals surface area contributed by atoms with E-state index in [1.807, 2.05) is 0 Å². The highest BCUT2D eigenvalue weighted by molar-refractivity contribution is 5.94. The summed E-state index contributed by atoms with van der Waals surface area (Å²) in [4.78, 5) is 26.0. The van der Waals surface area contributed by atoms with Crippen molar-refractivity contribution in [1.82, 2.24) is 4.90 Å². The van der Waals surface area contributed by atoms with Gasteiger partial charge in [-0.25, -0.2) is 8.78 Å². The van der Waals surface area contributed by atoms with Crippen molar-refractivity contribution in [3.63, 3.8) is 0 Å². The summed E-state index contributed by atoms with van der Waals surface area (Å²) >= 11 is 0. The molecule has 1 atom stereocenters. The molecule has 138 valence electrons. The number of esters is 1. The van der Waals surface area contributed by atoms with Crippen LogP contribution in [0.5, 0.6) is 0 Å². The fourth-order valence-electron chi connectivity index (χ4n) is 2.57. The summed E-state index contributed by atoms with van der Waals surface area (Å²) in [6, 6.07) is 11.3. The monoisotopic (exact) mass is 361 g/mol. The van der Waals surface area contributed by atoms with Gasteiger partial charge >= 0.3 is 5.97 Å². The Morgan fingerprint density at radius 2 is 1.54 bits per heavy atom. The zero-order chi connectivity index (χ0) is 19.1. The highest BCUT2D eigenvalue weighted by atomic mass is 19.1. The number of carbonyl (C=O) groups excluding carboxylic acids is 2. The molecule has 0 bridgehead atoms. The first-order chi connectivity index (χ1) is 12.4. The van der Waals surface area contributed by atoms with Gasteiger partial charge in [0.1, 0.15) is 11.6 Å². The van der Waals surface area contributed by atoms with Crippen LogP contribution in [0, 0.1) is 17.6 Å². The van der Waals surface area contributed by atoms with Gasteiger partial charge < -0.3 is 9.64 Å². The molecule has 0 aliphatic rings. The number of nitrogens with zero attached hydrogens (tertiary/aromatic N) is 1. The van der Waals surface area contributed by atoms with Crippen molar-refractivity contribution in [2.45, 2.75) is 13.3 Å². The summed E-state index contributed by atoms with van der Waals surface area (Å²) in [7, 11) is 1.30. The van der Waals surface area contributed by atoms with E-state index in [4.69, 9.17) is 4.74 Å². The van der Waals surface area contributed by atoms with Crippen LogP contribution < -0.4 is 0 Å². The van der Waals surface area contributed by atoms with Crippen molar-refractivity contribution in [3.05, 3.63) is 71.3 Å². The third-order valence-corrected chi connectivity index (χ3v) is 4.06. The number of amides is 1. The predicted octanol–water partition coefficient (Wildman–Crippen LogP) is 3.46. The molecule has 2 aromatic carbocycles. The maximum Gasteiger partial charge on any atom is 0.310 e. The quantitative estimate of drug-likeness (QED) is 0.710. The molecule has 2 rings (SSSR count). The second kappa shape index (κ2) is 9.08. The number of halogens is 2. The molecule has 6 heteroatoms. The fourth-order valence-corrected chi connectivity index (χ4v) is 2.57. The van der Waals surface area contributed by atoms with Crippen LogP contribution in [0.15, 0.2) is 48.5 Å². The van der Waals surface area contributed by atoms with Crippen LogP contribution in [-0.2, 0) is 16.0 Å². The Balaban J connectivity index is 2.14. The lowest BCUT2D eigenvalue weighted by Gasteiger charge is -2.25. The summed E-state index contributed by atoms with van der Waals surface area (Å²) < 4.78 is 30.8. The molecule has 2 aromatic rings. The molecule has 0 spiro atoms. The smallest absolute Gasteiger partial charge is 0.310 e. The van der Waals surface area contributed by atoms with Crippen molar-refractivity contribution in [1.29, 1.82) is 0 Å². The third kappa shape index (κ3) is 5.37. The molecule has 26 heavy (non-hydrogen) atoms. The van der Waals surface area contributed by atoms with Gasteiger partial charge in [-0.15, -0.1) is 0 Å². The molecule has 0 N–H and O–H groups in total. The SMILES string of the molecule is COC(=O)C(C)CN(CCc1ccc(F)cc1)C(=O)c1ccc(F)cc1. The van der Waals surface area contributed by atoms with E-state index in [1.165, 1.54) is 48.4 Å². The van der Waals surface area contributed by atoms with Crippen LogP contribution in [0.25, 0.3) is 0 Å². The number of carbonyl (C=O) groups is 2. The lowest BCUT2D eigenvalue weighted by molar-refractivity contribution is -0.145. The summed E-state index contributed by atoms with van der Waals surface area (Å²) in [5.41, 5.74) is 1.21. The minimum absolute atomic E-state index is 0.171. The normalized spacial score (nSPS) is 11.7. The average Bonchev–Trinajstić information content (AvgIpc) is 2.65. The summed E-state index contributed by atoms with van der Waals surface area (Å²) in [5, 5.41) is 0. The van der Waals surface area contributed by atoms with Gasteiger partial charge in [0.25, 0.3) is 5.91 Å². The zero-order valence-corrected chi connectivity index (χ0v) is 14.7. The van der Waals surface area contributed by atoms with Crippen molar-refractivity contribution in [3.8, 4) is 0 Å². The third-order valence-electron chi connectivity index (χ3n) is 4.06. The van der Waals surface area contributed by atoms with Gasteiger partial charge in [0, 0.05) is 18.7 Å². The zero-order valence-electron chi connectivity index (χ0n) is 14.7. The van der Waals surface area contributed by atoms with E-state index in [2.05, 4.69) is 0 Å². The molecule has 0 heterocycles. The molecular weight excluding hydrogens is 340 g/mol. The van der Waals surface area contributed by atoms with Gasteiger partial charge in [-0.2, -0.15) is 0 Å². The number of ether oxygens (including phenoxy) is 1. The number of hydrogen-bond donors (Lipinski definition) is 0. The van der Waals surface area contributed by atoms with Crippen LogP contribution in [0.4, 0.5) is 8.78 Å². The van der Waals surface area contributed by atoms with Crippen molar-refractivity contribution in [2.75, 3.05) is 20.2 Å². The minimum Gasteiger partial charge on any atom is -0.469 e. The molecule has 0 aliphatic carbocycles. The average molecular weight is 361 g/mol. The van der Waals surface area contributed by atoms with Gasteiger partial charge in [-0.05, 0) is 48.4 Å². The van der Waals surface area contributed by atoms with Gasteiger partial charge in [0.2, 0.25) is 0 Å². The summed E-state index contributed by atoms with van der Waals surface area (Å²) in [5.74, 6) is -1.97. The van der Waals surface area contributed by atoms with Gasteiger partial charge in [-0.3, -0.25) is 9.59 Å². The van der Waals surface area contributed by atoms with Crippen LogP contribution >= 0.6 is 0 Å². The van der Waals surface area contributed by atoms with E-state index < -0.39 is 17.7 Å². The highest BCUT2D eigenvalue weighted by Crippen LogP contribution is 2.12. The molecule has 4 nitrogen and oxygen atoms in total. The largest absolute Gasteiger partial charge is 0.469 e. The molecule has 0 fully saturated rings. The molecule has 0 saturated heterocycles. The van der Waals surface area contributed by atoms with E-state index in [0.29, 0.717) is 18.5 Å². The first-order valence-electron chi connectivity index (χ1n) is 8.28. The van der Waals surface area contributed by atoms with E-state index in [-0.39, 0.29) is 18.3 Å². The maximum absolute atomic E-state index is 13.1. The molecule has 0 aliphatic heterocycles. The van der Waals surface area contributed by atoms with Gasteiger partial charge in [-0.1, -0.05) is 19.1 Å². The van der Waals surface area contributed by atoms with Gasteiger partial charge in [0.05, 0.1) is 13.0 Å². The number of rotatable bonds is 7. The number of hydrogen-bond acceptors (Lipinski definition) is 3. The van der Waals surface area contributed by atoms with Crippen LogP contribution in [0.3, 0.4) is 0 Å². The summed E-state index contributed by atoms with van der Waals surface area (Å²) in [6.07, 6.45) is 0.501. The second-order valence-electron chi connectivity index (χ2n) is 6.06. The second-order valence-corrected chi connectivity index (χ2v) is 6.06. The Kier molecular flexibility index (Phi) is 6.83. The standard InChI is InChI=1S/C20H21F2NO3/c1-14(20(25)26-2)13-23(12-11-15-3-7-17(21)8-4-15)19(24)16-5-9-18(22)10-6-16/h3-10,14H,11-13H2,1-2H3. The Bertz CT molecular complexity index is 745. The van der Waals surface area contributed by atoms with Crippen molar-refractivity contribution < 1.29 is 23.1 Å². The van der Waals surface area contributed by atoms with E-state index in [0.717, 1.165) is 5.56 Å². The van der Waals surface area contributed by atoms with E-state index in [1.54, 1.807) is 19.1 Å². The van der Waals surface area contributed by atoms with Crippen molar-refractivity contribution >= 4 is 11.9 Å². The molecular formula is C20H21F2NO3. The molecule has 1 unspecified atom stereocenters. The molecule has 0 aromatic heterocycles. The maximum atomic E-state index is 13.1. The van der Waals surface area contributed by atoms with E-state index >= 15 is 0 Å². The van der Waals surface area contributed by atoms with Crippen LogP contribution in [-0.4, -0.2) is 37.0 Å². The first-order valence-corrected chi connectivity index (χ1v) is 8.28. The van der Waals surface area contributed by atoms with E-state index in [9.17, 15) is 18.4 Å². The highest BCUT2D eigenvalue weighted by Gasteiger charge is 2.22. The fraction of sp³-hybridized carbons (Fsp3) is 0.300. The first kappa shape index (κ1) is 19.6. The lowest BCUT2D eigenvalue weighted by Crippen LogP contribution is -2.38. The molecule has 0 saturated carbocycles. The number of methoxy groups -OCH3 is 1. The van der Waals surface area contributed by atoms with Gasteiger partial charge in [0.15, 0.2) is 0 Å².